The van der Waals surface area contributed by atoms with E-state index in [2.05, 4.69) is 23.5 Å². The van der Waals surface area contributed by atoms with E-state index in [0.29, 0.717) is 23.6 Å². The van der Waals surface area contributed by atoms with Crippen LogP contribution in [0.1, 0.15) is 62.6 Å². The van der Waals surface area contributed by atoms with E-state index < -0.39 is 0 Å². The van der Waals surface area contributed by atoms with Crippen LogP contribution in [0.3, 0.4) is 0 Å². The van der Waals surface area contributed by atoms with Crippen molar-refractivity contribution >= 4 is 28.4 Å². The largest absolute Gasteiger partial charge is 0.493 e. The van der Waals surface area contributed by atoms with Gasteiger partial charge in [-0.1, -0.05) is 32.8 Å². The van der Waals surface area contributed by atoms with Crippen LogP contribution in [0.5, 0.6) is 0 Å². The van der Waals surface area contributed by atoms with E-state index >= 15 is 0 Å². The quantitative estimate of drug-likeness (QED) is 0.426. The number of pyridine rings is 1. The van der Waals surface area contributed by atoms with Crippen LogP contribution in [0.4, 0.5) is 0 Å². The molecule has 0 aromatic carbocycles. The van der Waals surface area contributed by atoms with Crippen LogP contribution in [-0.2, 0) is 4.74 Å². The van der Waals surface area contributed by atoms with E-state index in [9.17, 15) is 4.79 Å². The van der Waals surface area contributed by atoms with Gasteiger partial charge in [0.2, 0.25) is 5.28 Å². The molecule has 0 bridgehead atoms. The molecule has 1 aliphatic carbocycles. The average molecular weight is 362 g/mol. The number of aromatic nitrogens is 3. The fourth-order valence-electron chi connectivity index (χ4n) is 3.55. The van der Waals surface area contributed by atoms with Gasteiger partial charge in [0.15, 0.2) is 0 Å². The number of hydrogen-bond acceptors (Lipinski definition) is 4. The lowest BCUT2D eigenvalue weighted by Crippen LogP contribution is -2.29. The number of aryl methyl sites for hydroxylation is 1. The van der Waals surface area contributed by atoms with Crippen molar-refractivity contribution in [1.82, 2.24) is 14.5 Å². The van der Waals surface area contributed by atoms with Gasteiger partial charge < -0.3 is 4.74 Å². The molecule has 0 aliphatic heterocycles. The lowest BCUT2D eigenvalue weighted by atomic mass is 10.0. The standard InChI is InChI=1S/C19H24ClN3O2/c1-4-5-10-25-13(3)16-12(2)15-11-21-19(20)22-17(15)23(18(16)24)14-8-6-7-9-14/h11,14H,3-10H2,1-2H3. The predicted molar refractivity (Wildman–Crippen MR) is 101 cm³/mol. The Hall–Kier alpha value is -1.88. The second-order valence-corrected chi connectivity index (χ2v) is 6.95. The minimum Gasteiger partial charge on any atom is -0.493 e. The molecule has 0 saturated heterocycles. The summed E-state index contributed by atoms with van der Waals surface area (Å²) in [6, 6.07) is 0.142. The molecule has 0 radical (unpaired) electrons. The molecule has 2 heterocycles. The van der Waals surface area contributed by atoms with Crippen LogP contribution >= 0.6 is 11.6 Å². The molecule has 0 spiro atoms. The van der Waals surface area contributed by atoms with Gasteiger partial charge in [-0.25, -0.2) is 4.98 Å². The van der Waals surface area contributed by atoms with Gasteiger partial charge in [0.1, 0.15) is 11.4 Å². The van der Waals surface area contributed by atoms with Gasteiger partial charge in [0.05, 0.1) is 12.2 Å². The Kier molecular flexibility index (Phi) is 5.42. The molecule has 0 unspecified atom stereocenters. The second-order valence-electron chi connectivity index (χ2n) is 6.61. The molecule has 0 N–H and O–H groups in total. The fraction of sp³-hybridized carbons (Fsp3) is 0.526. The van der Waals surface area contributed by atoms with Crippen molar-refractivity contribution in [2.24, 2.45) is 0 Å². The van der Waals surface area contributed by atoms with Crippen LogP contribution in [-0.4, -0.2) is 21.1 Å². The molecule has 2 aromatic heterocycles. The third-order valence-electron chi connectivity index (χ3n) is 4.92. The van der Waals surface area contributed by atoms with Crippen LogP contribution in [0.15, 0.2) is 17.6 Å². The molecular formula is C19H24ClN3O2. The van der Waals surface area contributed by atoms with Crippen LogP contribution in [0.2, 0.25) is 5.28 Å². The van der Waals surface area contributed by atoms with Crippen LogP contribution < -0.4 is 5.56 Å². The minimum atomic E-state index is -0.0897. The summed E-state index contributed by atoms with van der Waals surface area (Å²) in [5, 5.41) is 0.981. The molecule has 0 amide bonds. The maximum atomic E-state index is 13.3. The van der Waals surface area contributed by atoms with Crippen molar-refractivity contribution in [3.8, 4) is 0 Å². The van der Waals surface area contributed by atoms with Crippen molar-refractivity contribution in [2.45, 2.75) is 58.4 Å². The molecule has 3 rings (SSSR count). The van der Waals surface area contributed by atoms with E-state index in [-0.39, 0.29) is 16.9 Å². The van der Waals surface area contributed by atoms with E-state index in [4.69, 9.17) is 16.3 Å². The van der Waals surface area contributed by atoms with E-state index in [1.807, 2.05) is 6.92 Å². The van der Waals surface area contributed by atoms with Crippen molar-refractivity contribution in [2.75, 3.05) is 6.61 Å². The third kappa shape index (κ3) is 3.43. The first-order chi connectivity index (χ1) is 12.0. The van der Waals surface area contributed by atoms with E-state index in [1.165, 1.54) is 0 Å². The Balaban J connectivity index is 2.19. The van der Waals surface area contributed by atoms with E-state index in [0.717, 1.165) is 49.5 Å². The van der Waals surface area contributed by atoms with Gasteiger partial charge in [-0.3, -0.25) is 9.36 Å². The summed E-state index contributed by atoms with van der Waals surface area (Å²) in [6.07, 6.45) is 7.84. The molecular weight excluding hydrogens is 338 g/mol. The summed E-state index contributed by atoms with van der Waals surface area (Å²) in [7, 11) is 0. The zero-order valence-electron chi connectivity index (χ0n) is 14.8. The Morgan fingerprint density at radius 3 is 2.84 bits per heavy atom. The van der Waals surface area contributed by atoms with Gasteiger partial charge in [-0.05, 0) is 43.4 Å². The summed E-state index contributed by atoms with van der Waals surface area (Å²) < 4.78 is 7.53. The summed E-state index contributed by atoms with van der Waals surface area (Å²) in [4.78, 5) is 21.8. The first-order valence-electron chi connectivity index (χ1n) is 8.94. The highest BCUT2D eigenvalue weighted by atomic mass is 35.5. The minimum absolute atomic E-state index is 0.0897. The van der Waals surface area contributed by atoms with Gasteiger partial charge in [0.25, 0.3) is 5.56 Å². The maximum Gasteiger partial charge on any atom is 0.263 e. The molecule has 2 aromatic rings. The van der Waals surface area contributed by atoms with Gasteiger partial charge in [-0.2, -0.15) is 4.98 Å². The number of unbranched alkanes of at least 4 members (excludes halogenated alkanes) is 1. The molecule has 25 heavy (non-hydrogen) atoms. The molecule has 6 heteroatoms. The van der Waals surface area contributed by atoms with Gasteiger partial charge in [-0.15, -0.1) is 0 Å². The van der Waals surface area contributed by atoms with Crippen molar-refractivity contribution in [3.05, 3.63) is 39.5 Å². The topological polar surface area (TPSA) is 57.0 Å². The molecule has 1 fully saturated rings. The summed E-state index contributed by atoms with van der Waals surface area (Å²) >= 11 is 6.01. The highest BCUT2D eigenvalue weighted by Gasteiger charge is 2.25. The Bertz CT molecular complexity index is 854. The first-order valence-corrected chi connectivity index (χ1v) is 9.31. The van der Waals surface area contributed by atoms with Crippen molar-refractivity contribution < 1.29 is 4.74 Å². The van der Waals surface area contributed by atoms with Gasteiger partial charge in [0, 0.05) is 17.6 Å². The normalized spacial score (nSPS) is 15.0. The lowest BCUT2D eigenvalue weighted by Gasteiger charge is -2.20. The van der Waals surface area contributed by atoms with Crippen LogP contribution in [0, 0.1) is 6.92 Å². The maximum absolute atomic E-state index is 13.3. The van der Waals surface area contributed by atoms with Gasteiger partial charge >= 0.3 is 0 Å². The Labute approximate surface area is 152 Å². The number of ether oxygens (including phenoxy) is 1. The summed E-state index contributed by atoms with van der Waals surface area (Å²) in [5.74, 6) is 0.430. The Morgan fingerprint density at radius 1 is 1.44 bits per heavy atom. The van der Waals surface area contributed by atoms with E-state index in [1.54, 1.807) is 10.8 Å². The molecule has 5 nitrogen and oxygen atoms in total. The first kappa shape index (κ1) is 17.9. The summed E-state index contributed by atoms with van der Waals surface area (Å²) in [5.41, 5.74) is 1.85. The molecule has 1 aliphatic rings. The van der Waals surface area contributed by atoms with Crippen LogP contribution in [0.25, 0.3) is 16.8 Å². The second kappa shape index (κ2) is 7.56. The number of fused-ring (bicyclic) bond motifs is 1. The van der Waals surface area contributed by atoms with Crippen molar-refractivity contribution in [1.29, 1.82) is 0 Å². The average Bonchev–Trinajstić information content (AvgIpc) is 3.09. The number of nitrogens with zero attached hydrogens (tertiary/aromatic N) is 3. The predicted octanol–water partition coefficient (Wildman–Crippen LogP) is 4.66. The Morgan fingerprint density at radius 2 is 2.16 bits per heavy atom. The third-order valence-corrected chi connectivity index (χ3v) is 5.10. The number of hydrogen-bond donors (Lipinski definition) is 0. The summed E-state index contributed by atoms with van der Waals surface area (Å²) in [6.45, 7) is 8.56. The molecule has 0 atom stereocenters. The molecule has 1 saturated carbocycles. The smallest absolute Gasteiger partial charge is 0.263 e. The zero-order chi connectivity index (χ0) is 18.0. The van der Waals surface area contributed by atoms with Crippen molar-refractivity contribution in [3.63, 3.8) is 0 Å². The SMILES string of the molecule is C=C(OCCCC)c1c(C)c2cnc(Cl)nc2n(C2CCCC2)c1=O. The monoisotopic (exact) mass is 361 g/mol. The number of halogens is 1. The number of rotatable bonds is 6. The lowest BCUT2D eigenvalue weighted by molar-refractivity contribution is 0.270. The zero-order valence-corrected chi connectivity index (χ0v) is 15.6. The fourth-order valence-corrected chi connectivity index (χ4v) is 3.68. The highest BCUT2D eigenvalue weighted by molar-refractivity contribution is 6.28. The molecule has 134 valence electrons. The highest BCUT2D eigenvalue weighted by Crippen LogP contribution is 2.32.